The predicted octanol–water partition coefficient (Wildman–Crippen LogP) is 4.50. The highest BCUT2D eigenvalue weighted by atomic mass is 79.9. The van der Waals surface area contributed by atoms with Gasteiger partial charge in [0, 0.05) is 10.9 Å². The minimum absolute atomic E-state index is 0.0943. The van der Waals surface area contributed by atoms with Gasteiger partial charge in [-0.25, -0.2) is 4.39 Å². The Balaban J connectivity index is 1.82. The monoisotopic (exact) mass is 313 g/mol. The van der Waals surface area contributed by atoms with Crippen LogP contribution in [0.3, 0.4) is 0 Å². The van der Waals surface area contributed by atoms with Crippen molar-refractivity contribution in [3.63, 3.8) is 0 Å². The summed E-state index contributed by atoms with van der Waals surface area (Å²) in [6.45, 7) is 0. The summed E-state index contributed by atoms with van der Waals surface area (Å²) in [5.74, 6) is 0.187. The van der Waals surface area contributed by atoms with E-state index in [4.69, 9.17) is 0 Å². The summed E-state index contributed by atoms with van der Waals surface area (Å²) in [4.78, 5) is 11.7. The second-order valence-electron chi connectivity index (χ2n) is 4.86. The second kappa shape index (κ2) is 6.32. The van der Waals surface area contributed by atoms with Gasteiger partial charge in [-0.2, -0.15) is 0 Å². The van der Waals surface area contributed by atoms with Gasteiger partial charge in [0.1, 0.15) is 5.82 Å². The molecule has 0 unspecified atom stereocenters. The lowest BCUT2D eigenvalue weighted by molar-refractivity contribution is -0.116. The smallest absolute Gasteiger partial charge is 0.224 e. The van der Waals surface area contributed by atoms with Crippen LogP contribution in [0.1, 0.15) is 38.5 Å². The van der Waals surface area contributed by atoms with Gasteiger partial charge in [0.15, 0.2) is 0 Å². The average molecular weight is 314 g/mol. The molecule has 0 saturated heterocycles. The number of nitrogens with one attached hydrogen (secondary N) is 1. The molecule has 1 fully saturated rings. The number of halogens is 2. The van der Waals surface area contributed by atoms with Gasteiger partial charge in [-0.05, 0) is 30.5 Å². The SMILES string of the molecule is O=C(CCC1CCCC1)Nc1ccc(Br)cc1F. The quantitative estimate of drug-likeness (QED) is 0.871. The fraction of sp³-hybridized carbons (Fsp3) is 0.500. The Hall–Kier alpha value is -0.900. The molecular formula is C14H17BrFNO. The highest BCUT2D eigenvalue weighted by molar-refractivity contribution is 9.10. The molecule has 1 aromatic rings. The number of hydrogen-bond acceptors (Lipinski definition) is 1. The predicted molar refractivity (Wildman–Crippen MR) is 73.9 cm³/mol. The third kappa shape index (κ3) is 3.80. The van der Waals surface area contributed by atoms with Gasteiger partial charge in [0.25, 0.3) is 0 Å². The van der Waals surface area contributed by atoms with Crippen LogP contribution in [0.4, 0.5) is 10.1 Å². The number of carbonyl (C=O) groups is 1. The number of anilines is 1. The molecule has 0 aromatic heterocycles. The summed E-state index contributed by atoms with van der Waals surface area (Å²) < 4.78 is 14.2. The maximum Gasteiger partial charge on any atom is 0.224 e. The molecular weight excluding hydrogens is 297 g/mol. The zero-order valence-corrected chi connectivity index (χ0v) is 11.8. The molecule has 1 N–H and O–H groups in total. The van der Waals surface area contributed by atoms with E-state index < -0.39 is 5.82 Å². The first-order valence-corrected chi connectivity index (χ1v) is 7.19. The lowest BCUT2D eigenvalue weighted by Gasteiger charge is -2.09. The first kappa shape index (κ1) is 13.5. The molecule has 4 heteroatoms. The van der Waals surface area contributed by atoms with Crippen LogP contribution in [-0.2, 0) is 4.79 Å². The minimum atomic E-state index is -0.404. The van der Waals surface area contributed by atoms with Gasteiger partial charge in [0.05, 0.1) is 5.69 Å². The third-order valence-corrected chi connectivity index (χ3v) is 3.95. The van der Waals surface area contributed by atoms with E-state index in [1.54, 1.807) is 12.1 Å². The molecule has 0 heterocycles. The highest BCUT2D eigenvalue weighted by Crippen LogP contribution is 2.28. The van der Waals surface area contributed by atoms with Crippen LogP contribution in [0, 0.1) is 11.7 Å². The normalized spacial score (nSPS) is 15.9. The molecule has 1 aliphatic carbocycles. The van der Waals surface area contributed by atoms with Gasteiger partial charge in [-0.15, -0.1) is 0 Å². The third-order valence-electron chi connectivity index (χ3n) is 3.46. The van der Waals surface area contributed by atoms with Crippen molar-refractivity contribution in [1.82, 2.24) is 0 Å². The summed E-state index contributed by atoms with van der Waals surface area (Å²) in [6.07, 6.45) is 6.45. The van der Waals surface area contributed by atoms with Gasteiger partial charge >= 0.3 is 0 Å². The molecule has 98 valence electrons. The van der Waals surface area contributed by atoms with Crippen molar-refractivity contribution in [2.45, 2.75) is 38.5 Å². The summed E-state index contributed by atoms with van der Waals surface area (Å²) in [7, 11) is 0. The number of amides is 1. The Labute approximate surface area is 115 Å². The molecule has 0 radical (unpaired) electrons. The molecule has 1 aliphatic rings. The van der Waals surface area contributed by atoms with Gasteiger partial charge in [0.2, 0.25) is 5.91 Å². The molecule has 0 bridgehead atoms. The van der Waals surface area contributed by atoms with Crippen molar-refractivity contribution in [2.24, 2.45) is 5.92 Å². The lowest BCUT2D eigenvalue weighted by Crippen LogP contribution is -2.13. The van der Waals surface area contributed by atoms with E-state index >= 15 is 0 Å². The molecule has 1 amide bonds. The van der Waals surface area contributed by atoms with Crippen LogP contribution < -0.4 is 5.32 Å². The Kier molecular flexibility index (Phi) is 4.75. The first-order valence-electron chi connectivity index (χ1n) is 6.40. The number of benzene rings is 1. The number of hydrogen-bond donors (Lipinski definition) is 1. The number of carbonyl (C=O) groups excluding carboxylic acids is 1. The first-order chi connectivity index (χ1) is 8.65. The Morgan fingerprint density at radius 2 is 2.11 bits per heavy atom. The van der Waals surface area contributed by atoms with Crippen LogP contribution in [0.15, 0.2) is 22.7 Å². The lowest BCUT2D eigenvalue weighted by atomic mass is 10.0. The van der Waals surface area contributed by atoms with Crippen LogP contribution in [0.2, 0.25) is 0 Å². The van der Waals surface area contributed by atoms with E-state index in [0.717, 1.165) is 6.42 Å². The standard InChI is InChI=1S/C14H17BrFNO/c15-11-6-7-13(12(16)9-11)17-14(18)8-5-10-3-1-2-4-10/h6-7,9-10H,1-5,8H2,(H,17,18). The fourth-order valence-corrected chi connectivity index (χ4v) is 2.77. The van der Waals surface area contributed by atoms with Gasteiger partial charge in [-0.1, -0.05) is 41.6 Å². The van der Waals surface area contributed by atoms with Crippen LogP contribution in [0.25, 0.3) is 0 Å². The molecule has 0 atom stereocenters. The molecule has 2 nitrogen and oxygen atoms in total. The van der Waals surface area contributed by atoms with Crippen molar-refractivity contribution in [3.8, 4) is 0 Å². The van der Waals surface area contributed by atoms with E-state index in [0.29, 0.717) is 16.8 Å². The van der Waals surface area contributed by atoms with Crippen molar-refractivity contribution in [1.29, 1.82) is 0 Å². The Morgan fingerprint density at radius 1 is 1.39 bits per heavy atom. The van der Waals surface area contributed by atoms with Crippen LogP contribution in [0.5, 0.6) is 0 Å². The van der Waals surface area contributed by atoms with E-state index in [1.807, 2.05) is 0 Å². The summed E-state index contributed by atoms with van der Waals surface area (Å²) >= 11 is 3.19. The average Bonchev–Trinajstić information content (AvgIpc) is 2.83. The van der Waals surface area contributed by atoms with Crippen molar-refractivity contribution in [3.05, 3.63) is 28.5 Å². The zero-order valence-electron chi connectivity index (χ0n) is 10.2. The molecule has 0 aliphatic heterocycles. The second-order valence-corrected chi connectivity index (χ2v) is 5.78. The highest BCUT2D eigenvalue weighted by Gasteiger charge is 2.16. The van der Waals surface area contributed by atoms with Crippen molar-refractivity contribution in [2.75, 3.05) is 5.32 Å². The molecule has 1 aromatic carbocycles. The van der Waals surface area contributed by atoms with E-state index in [1.165, 1.54) is 31.7 Å². The van der Waals surface area contributed by atoms with E-state index in [9.17, 15) is 9.18 Å². The van der Waals surface area contributed by atoms with Crippen LogP contribution in [-0.4, -0.2) is 5.91 Å². The molecule has 1 saturated carbocycles. The summed E-state index contributed by atoms with van der Waals surface area (Å²) in [5.41, 5.74) is 0.259. The van der Waals surface area contributed by atoms with Crippen molar-refractivity contribution >= 4 is 27.5 Å². The van der Waals surface area contributed by atoms with Crippen molar-refractivity contribution < 1.29 is 9.18 Å². The maximum absolute atomic E-state index is 13.5. The summed E-state index contributed by atoms with van der Waals surface area (Å²) in [6, 6.07) is 4.65. The Morgan fingerprint density at radius 3 is 2.78 bits per heavy atom. The van der Waals surface area contributed by atoms with E-state index in [-0.39, 0.29) is 11.6 Å². The molecule has 0 spiro atoms. The van der Waals surface area contributed by atoms with Crippen LogP contribution >= 0.6 is 15.9 Å². The topological polar surface area (TPSA) is 29.1 Å². The number of rotatable bonds is 4. The fourth-order valence-electron chi connectivity index (χ4n) is 2.44. The Bertz CT molecular complexity index is 430. The van der Waals surface area contributed by atoms with Gasteiger partial charge < -0.3 is 5.32 Å². The van der Waals surface area contributed by atoms with E-state index in [2.05, 4.69) is 21.2 Å². The largest absolute Gasteiger partial charge is 0.324 e. The zero-order chi connectivity index (χ0) is 13.0. The summed E-state index contributed by atoms with van der Waals surface area (Å²) in [5, 5.41) is 2.63. The minimum Gasteiger partial charge on any atom is -0.324 e. The molecule has 18 heavy (non-hydrogen) atoms. The van der Waals surface area contributed by atoms with Gasteiger partial charge in [-0.3, -0.25) is 4.79 Å². The maximum atomic E-state index is 13.5. The molecule has 2 rings (SSSR count).